The first-order valence-corrected chi connectivity index (χ1v) is 8.04. The number of hydrogen-bond acceptors (Lipinski definition) is 3. The van der Waals surface area contributed by atoms with E-state index in [0.29, 0.717) is 23.8 Å². The number of nitrogens with one attached hydrogen (secondary N) is 1. The molecule has 1 aliphatic carbocycles. The van der Waals surface area contributed by atoms with E-state index in [2.05, 4.69) is 44.3 Å². The molecule has 0 aliphatic heterocycles. The van der Waals surface area contributed by atoms with Crippen molar-refractivity contribution in [3.63, 3.8) is 0 Å². The van der Waals surface area contributed by atoms with E-state index in [-0.39, 0.29) is 0 Å². The summed E-state index contributed by atoms with van der Waals surface area (Å²) in [5.74, 6) is 3.67. The van der Waals surface area contributed by atoms with Gasteiger partial charge in [0.15, 0.2) is 11.5 Å². The van der Waals surface area contributed by atoms with E-state index in [1.807, 2.05) is 7.05 Å². The smallest absolute Gasteiger partial charge is 0.161 e. The lowest BCUT2D eigenvalue weighted by Gasteiger charge is -2.43. The highest BCUT2D eigenvalue weighted by Crippen LogP contribution is 2.44. The lowest BCUT2D eigenvalue weighted by atomic mass is 9.67. The van der Waals surface area contributed by atoms with Crippen LogP contribution < -0.4 is 14.8 Å². The average Bonchev–Trinajstić information content (AvgIpc) is 2.46. The Bertz CT molecular complexity index is 459. The first-order valence-electron chi connectivity index (χ1n) is 8.04. The molecule has 3 unspecified atom stereocenters. The van der Waals surface area contributed by atoms with Gasteiger partial charge in [0.25, 0.3) is 0 Å². The van der Waals surface area contributed by atoms with Crippen molar-refractivity contribution in [3.05, 3.63) is 23.8 Å². The van der Waals surface area contributed by atoms with Crippen LogP contribution in [-0.4, -0.2) is 26.8 Å². The second-order valence-electron chi connectivity index (χ2n) is 6.54. The van der Waals surface area contributed by atoms with E-state index in [0.717, 1.165) is 24.5 Å². The molecule has 3 heteroatoms. The molecule has 0 heterocycles. The number of hydrogen-bond donors (Lipinski definition) is 1. The van der Waals surface area contributed by atoms with Gasteiger partial charge in [-0.1, -0.05) is 26.8 Å². The molecule has 1 saturated carbocycles. The highest BCUT2D eigenvalue weighted by molar-refractivity contribution is 5.44. The second-order valence-corrected chi connectivity index (χ2v) is 6.54. The molecular weight excluding hydrogens is 262 g/mol. The zero-order chi connectivity index (χ0) is 15.4. The summed E-state index contributed by atoms with van der Waals surface area (Å²) in [5.41, 5.74) is 1.36. The third kappa shape index (κ3) is 3.70. The lowest BCUT2D eigenvalue weighted by Crippen LogP contribution is -2.46. The van der Waals surface area contributed by atoms with Crippen LogP contribution in [-0.2, 0) is 0 Å². The molecule has 2 rings (SSSR count). The largest absolute Gasteiger partial charge is 0.493 e. The van der Waals surface area contributed by atoms with Crippen molar-refractivity contribution in [3.8, 4) is 11.5 Å². The Labute approximate surface area is 129 Å². The topological polar surface area (TPSA) is 30.5 Å². The van der Waals surface area contributed by atoms with Crippen LogP contribution in [0.1, 0.15) is 45.1 Å². The number of benzene rings is 1. The van der Waals surface area contributed by atoms with Gasteiger partial charge in [-0.15, -0.1) is 0 Å². The third-order valence-electron chi connectivity index (χ3n) is 4.72. The molecule has 21 heavy (non-hydrogen) atoms. The van der Waals surface area contributed by atoms with Gasteiger partial charge < -0.3 is 14.8 Å². The molecule has 0 radical (unpaired) electrons. The summed E-state index contributed by atoms with van der Waals surface area (Å²) in [6.07, 6.45) is 2.27. The van der Waals surface area contributed by atoms with E-state index in [1.165, 1.54) is 12.0 Å². The molecule has 1 aliphatic rings. The fraction of sp³-hybridized carbons (Fsp3) is 0.667. The van der Waals surface area contributed by atoms with Crippen LogP contribution in [0, 0.1) is 11.8 Å². The summed E-state index contributed by atoms with van der Waals surface area (Å²) in [7, 11) is 3.76. The van der Waals surface area contributed by atoms with Gasteiger partial charge in [-0.2, -0.15) is 0 Å². The zero-order valence-corrected chi connectivity index (χ0v) is 14.0. The summed E-state index contributed by atoms with van der Waals surface area (Å²) >= 11 is 0. The zero-order valence-electron chi connectivity index (χ0n) is 14.0. The van der Waals surface area contributed by atoms with Crippen LogP contribution in [0.15, 0.2) is 18.2 Å². The Balaban J connectivity index is 2.03. The van der Waals surface area contributed by atoms with Gasteiger partial charge in [0.05, 0.1) is 13.7 Å². The van der Waals surface area contributed by atoms with Crippen molar-refractivity contribution >= 4 is 0 Å². The predicted molar refractivity (Wildman–Crippen MR) is 87.3 cm³/mol. The maximum Gasteiger partial charge on any atom is 0.161 e. The highest BCUT2D eigenvalue weighted by atomic mass is 16.5. The summed E-state index contributed by atoms with van der Waals surface area (Å²) in [4.78, 5) is 0. The number of methoxy groups -OCH3 is 1. The fourth-order valence-electron chi connectivity index (χ4n) is 3.05. The van der Waals surface area contributed by atoms with Crippen LogP contribution in [0.25, 0.3) is 0 Å². The molecule has 3 nitrogen and oxygen atoms in total. The molecule has 1 aromatic carbocycles. The van der Waals surface area contributed by atoms with E-state index < -0.39 is 0 Å². The molecule has 0 amide bonds. The van der Waals surface area contributed by atoms with Crippen molar-refractivity contribution in [1.29, 1.82) is 0 Å². The van der Waals surface area contributed by atoms with Crippen LogP contribution in [0.5, 0.6) is 11.5 Å². The standard InChI is InChI=1S/C18H29NO2/c1-12(2)8-9-21-17-7-6-14(10-18(17)20-5)15-11-16(19-4)13(15)3/h6-7,10,12-13,15-16,19H,8-9,11H2,1-5H3. The first-order chi connectivity index (χ1) is 10.1. The monoisotopic (exact) mass is 291 g/mol. The van der Waals surface area contributed by atoms with Gasteiger partial charge >= 0.3 is 0 Å². The molecule has 0 bridgehead atoms. The van der Waals surface area contributed by atoms with Crippen LogP contribution in [0.4, 0.5) is 0 Å². The van der Waals surface area contributed by atoms with Crippen LogP contribution in [0.3, 0.4) is 0 Å². The maximum atomic E-state index is 5.86. The van der Waals surface area contributed by atoms with E-state index >= 15 is 0 Å². The van der Waals surface area contributed by atoms with E-state index in [4.69, 9.17) is 9.47 Å². The molecule has 0 spiro atoms. The Hall–Kier alpha value is -1.22. The molecule has 1 N–H and O–H groups in total. The van der Waals surface area contributed by atoms with E-state index in [9.17, 15) is 0 Å². The fourth-order valence-corrected chi connectivity index (χ4v) is 3.05. The van der Waals surface area contributed by atoms with Gasteiger partial charge in [0.2, 0.25) is 0 Å². The Kier molecular flexibility index (Phi) is 5.51. The normalized spacial score (nSPS) is 24.8. The van der Waals surface area contributed by atoms with E-state index in [1.54, 1.807) is 7.11 Å². The molecular formula is C18H29NO2. The maximum absolute atomic E-state index is 5.86. The lowest BCUT2D eigenvalue weighted by molar-refractivity contribution is 0.193. The Morgan fingerprint density at radius 1 is 1.29 bits per heavy atom. The summed E-state index contributed by atoms with van der Waals surface area (Å²) in [6, 6.07) is 7.05. The van der Waals surface area contributed by atoms with Crippen molar-refractivity contribution in [2.75, 3.05) is 20.8 Å². The SMILES string of the molecule is CNC1CC(c2ccc(OCCC(C)C)c(OC)c2)C1C. The molecule has 3 atom stereocenters. The minimum Gasteiger partial charge on any atom is -0.493 e. The molecule has 1 fully saturated rings. The first kappa shape index (κ1) is 16.2. The minimum absolute atomic E-state index is 0.626. The minimum atomic E-state index is 0.626. The molecule has 0 saturated heterocycles. The summed E-state index contributed by atoms with van der Waals surface area (Å²) in [5, 5.41) is 3.37. The van der Waals surface area contributed by atoms with Crippen LogP contribution >= 0.6 is 0 Å². The third-order valence-corrected chi connectivity index (χ3v) is 4.72. The van der Waals surface area contributed by atoms with Crippen molar-refractivity contribution in [2.45, 2.75) is 45.6 Å². The Morgan fingerprint density at radius 2 is 2.05 bits per heavy atom. The van der Waals surface area contributed by atoms with Crippen molar-refractivity contribution in [1.82, 2.24) is 5.32 Å². The average molecular weight is 291 g/mol. The van der Waals surface area contributed by atoms with Gasteiger partial charge in [-0.3, -0.25) is 0 Å². The summed E-state index contributed by atoms with van der Waals surface area (Å²) < 4.78 is 11.4. The molecule has 0 aromatic heterocycles. The van der Waals surface area contributed by atoms with Gasteiger partial charge in [0.1, 0.15) is 0 Å². The summed E-state index contributed by atoms with van der Waals surface area (Å²) in [6.45, 7) is 7.48. The quantitative estimate of drug-likeness (QED) is 0.828. The van der Waals surface area contributed by atoms with Crippen molar-refractivity contribution < 1.29 is 9.47 Å². The molecule has 1 aromatic rings. The predicted octanol–water partition coefficient (Wildman–Crippen LogP) is 3.83. The van der Waals surface area contributed by atoms with Gasteiger partial charge in [-0.05, 0) is 55.3 Å². The second kappa shape index (κ2) is 7.17. The van der Waals surface area contributed by atoms with Gasteiger partial charge in [0, 0.05) is 6.04 Å². The molecule has 118 valence electrons. The van der Waals surface area contributed by atoms with Crippen molar-refractivity contribution in [2.24, 2.45) is 11.8 Å². The highest BCUT2D eigenvalue weighted by Gasteiger charge is 2.37. The number of ether oxygens (including phenoxy) is 2. The van der Waals surface area contributed by atoms with Gasteiger partial charge in [-0.25, -0.2) is 0 Å². The van der Waals surface area contributed by atoms with Crippen LogP contribution in [0.2, 0.25) is 0 Å². The Morgan fingerprint density at radius 3 is 2.62 bits per heavy atom. The number of rotatable bonds is 7.